The normalized spacial score (nSPS) is 19.4. The summed E-state index contributed by atoms with van der Waals surface area (Å²) in [6.45, 7) is 1.01. The van der Waals surface area contributed by atoms with Crippen LogP contribution in [0.15, 0.2) is 6.07 Å². The molecule has 1 saturated heterocycles. The highest BCUT2D eigenvalue weighted by Gasteiger charge is 2.20. The van der Waals surface area contributed by atoms with Crippen molar-refractivity contribution >= 4 is 11.8 Å². The molecule has 0 amide bonds. The van der Waals surface area contributed by atoms with Gasteiger partial charge >= 0.3 is 0 Å². The van der Waals surface area contributed by atoms with E-state index < -0.39 is 6.04 Å². The Morgan fingerprint density at radius 1 is 1.44 bits per heavy atom. The number of nitrogen functional groups attached to an aromatic ring is 1. The van der Waals surface area contributed by atoms with Crippen LogP contribution in [0.4, 0.5) is 11.8 Å². The number of nitrogens with one attached hydrogen (secondary N) is 1. The molecule has 0 radical (unpaired) electrons. The molecule has 2 rings (SSSR count). The van der Waals surface area contributed by atoms with Gasteiger partial charge in [0, 0.05) is 18.6 Å². The summed E-state index contributed by atoms with van der Waals surface area (Å²) < 4.78 is 5.31. The third kappa shape index (κ3) is 3.06. The van der Waals surface area contributed by atoms with E-state index in [0.717, 1.165) is 18.7 Å². The lowest BCUT2D eigenvalue weighted by Gasteiger charge is -2.16. The van der Waals surface area contributed by atoms with Crippen molar-refractivity contribution in [1.29, 1.82) is 0 Å². The Bertz CT molecular complexity index is 392. The smallest absolute Gasteiger partial charge is 0.222 e. The lowest BCUT2D eigenvalue weighted by molar-refractivity contribution is 0.193. The zero-order valence-corrected chi connectivity index (χ0v) is 10.0. The van der Waals surface area contributed by atoms with Crippen LogP contribution in [0.1, 0.15) is 18.0 Å². The van der Waals surface area contributed by atoms with Crippen LogP contribution in [0, 0.1) is 0 Å². The zero-order valence-electron chi connectivity index (χ0n) is 10.0. The Balaban J connectivity index is 2.15. The van der Waals surface area contributed by atoms with E-state index >= 15 is 0 Å². The molecular formula is C11H18N4O3. The highest BCUT2D eigenvalue weighted by atomic mass is 16.5. The second kappa shape index (κ2) is 5.94. The van der Waals surface area contributed by atoms with Crippen LogP contribution < -0.4 is 11.1 Å². The second-order valence-corrected chi connectivity index (χ2v) is 4.30. The van der Waals surface area contributed by atoms with Crippen molar-refractivity contribution in [2.45, 2.75) is 18.4 Å². The maximum Gasteiger partial charge on any atom is 0.222 e. The molecule has 18 heavy (non-hydrogen) atoms. The summed E-state index contributed by atoms with van der Waals surface area (Å²) in [5.74, 6) is 0.923. The van der Waals surface area contributed by atoms with Gasteiger partial charge in [-0.1, -0.05) is 0 Å². The summed E-state index contributed by atoms with van der Waals surface area (Å²) in [5.41, 5.74) is 6.49. The van der Waals surface area contributed by atoms with Gasteiger partial charge in [-0.25, -0.2) is 4.98 Å². The molecule has 0 aliphatic carbocycles. The molecular weight excluding hydrogens is 236 g/mol. The molecule has 1 aromatic rings. The van der Waals surface area contributed by atoms with E-state index in [-0.39, 0.29) is 25.1 Å². The van der Waals surface area contributed by atoms with E-state index in [1.54, 1.807) is 6.07 Å². The molecule has 0 aromatic carbocycles. The molecule has 100 valence electrons. The summed E-state index contributed by atoms with van der Waals surface area (Å²) >= 11 is 0. The first-order valence-electron chi connectivity index (χ1n) is 5.93. The fraction of sp³-hybridized carbons (Fsp3) is 0.636. The van der Waals surface area contributed by atoms with Gasteiger partial charge in [-0.15, -0.1) is 0 Å². The monoisotopic (exact) mass is 254 g/mol. The Kier molecular flexibility index (Phi) is 4.29. The molecule has 1 aliphatic rings. The molecule has 2 heterocycles. The number of rotatable bonds is 5. The van der Waals surface area contributed by atoms with Gasteiger partial charge in [0.25, 0.3) is 0 Å². The number of anilines is 2. The topological polar surface area (TPSA) is 114 Å². The Morgan fingerprint density at radius 3 is 2.83 bits per heavy atom. The van der Waals surface area contributed by atoms with E-state index in [4.69, 9.17) is 20.7 Å². The van der Waals surface area contributed by atoms with Gasteiger partial charge in [0.1, 0.15) is 5.82 Å². The van der Waals surface area contributed by atoms with Gasteiger partial charge in [-0.2, -0.15) is 4.98 Å². The summed E-state index contributed by atoms with van der Waals surface area (Å²) in [5, 5.41) is 21.0. The summed E-state index contributed by atoms with van der Waals surface area (Å²) in [6.07, 6.45) is 0.916. The van der Waals surface area contributed by atoms with Crippen molar-refractivity contribution in [3.8, 4) is 0 Å². The summed E-state index contributed by atoms with van der Waals surface area (Å²) in [6, 6.07) is 1.33. The first-order valence-corrected chi connectivity index (χ1v) is 5.93. The highest BCUT2D eigenvalue weighted by molar-refractivity contribution is 5.42. The number of hydrogen-bond donors (Lipinski definition) is 4. The standard InChI is InChI=1S/C11H18N4O3/c12-11-14-9(7-1-2-18-6-7)3-10(15-11)13-8(4-16)5-17/h3,7-8,16-17H,1-2,4-6H2,(H3,12,13,14,15). The largest absolute Gasteiger partial charge is 0.394 e. The number of hydrogen-bond acceptors (Lipinski definition) is 7. The molecule has 7 nitrogen and oxygen atoms in total. The molecule has 5 N–H and O–H groups in total. The third-order valence-corrected chi connectivity index (χ3v) is 2.90. The molecule has 0 saturated carbocycles. The van der Waals surface area contributed by atoms with Crippen LogP contribution in [-0.2, 0) is 4.74 Å². The van der Waals surface area contributed by atoms with Crippen molar-refractivity contribution in [3.05, 3.63) is 11.8 Å². The van der Waals surface area contributed by atoms with Gasteiger partial charge in [0.15, 0.2) is 0 Å². The third-order valence-electron chi connectivity index (χ3n) is 2.90. The average Bonchev–Trinajstić information content (AvgIpc) is 2.89. The maximum absolute atomic E-state index is 9.02. The van der Waals surface area contributed by atoms with E-state index in [2.05, 4.69) is 15.3 Å². The Hall–Kier alpha value is -1.44. The van der Waals surface area contributed by atoms with Crippen molar-refractivity contribution < 1.29 is 14.9 Å². The van der Waals surface area contributed by atoms with Crippen molar-refractivity contribution in [2.75, 3.05) is 37.5 Å². The van der Waals surface area contributed by atoms with E-state index in [0.29, 0.717) is 12.4 Å². The van der Waals surface area contributed by atoms with Crippen molar-refractivity contribution in [1.82, 2.24) is 9.97 Å². The molecule has 0 spiro atoms. The number of nitrogens with two attached hydrogens (primary N) is 1. The average molecular weight is 254 g/mol. The number of ether oxygens (including phenoxy) is 1. The molecule has 1 atom stereocenters. The van der Waals surface area contributed by atoms with Gasteiger partial charge in [-0.3, -0.25) is 0 Å². The number of aliphatic hydroxyl groups excluding tert-OH is 2. The Labute approximate surface area is 105 Å². The lowest BCUT2D eigenvalue weighted by atomic mass is 10.0. The molecule has 1 aromatic heterocycles. The van der Waals surface area contributed by atoms with Crippen LogP contribution in [0.25, 0.3) is 0 Å². The van der Waals surface area contributed by atoms with Crippen LogP contribution in [0.2, 0.25) is 0 Å². The molecule has 1 fully saturated rings. The molecule has 7 heteroatoms. The number of aromatic nitrogens is 2. The van der Waals surface area contributed by atoms with Crippen LogP contribution in [0.3, 0.4) is 0 Å². The quantitative estimate of drug-likeness (QED) is 0.551. The minimum absolute atomic E-state index is 0.177. The fourth-order valence-electron chi connectivity index (χ4n) is 1.89. The van der Waals surface area contributed by atoms with Gasteiger partial charge in [-0.05, 0) is 6.42 Å². The SMILES string of the molecule is Nc1nc(NC(CO)CO)cc(C2CCOC2)n1. The van der Waals surface area contributed by atoms with Crippen LogP contribution in [0.5, 0.6) is 0 Å². The molecule has 1 aliphatic heterocycles. The number of aliphatic hydroxyl groups is 2. The van der Waals surface area contributed by atoms with E-state index in [9.17, 15) is 0 Å². The van der Waals surface area contributed by atoms with Crippen molar-refractivity contribution in [3.63, 3.8) is 0 Å². The highest BCUT2D eigenvalue weighted by Crippen LogP contribution is 2.25. The summed E-state index contributed by atoms with van der Waals surface area (Å²) in [4.78, 5) is 8.23. The van der Waals surface area contributed by atoms with Gasteiger partial charge < -0.3 is 26.0 Å². The van der Waals surface area contributed by atoms with Crippen molar-refractivity contribution in [2.24, 2.45) is 0 Å². The predicted molar refractivity (Wildman–Crippen MR) is 66.2 cm³/mol. The lowest BCUT2D eigenvalue weighted by Crippen LogP contribution is -2.28. The fourth-order valence-corrected chi connectivity index (χ4v) is 1.89. The van der Waals surface area contributed by atoms with Crippen LogP contribution >= 0.6 is 0 Å². The molecule has 1 unspecified atom stereocenters. The zero-order chi connectivity index (χ0) is 13.0. The van der Waals surface area contributed by atoms with Crippen LogP contribution in [-0.4, -0.2) is 52.7 Å². The van der Waals surface area contributed by atoms with Gasteiger partial charge in [0.05, 0.1) is 31.6 Å². The van der Waals surface area contributed by atoms with E-state index in [1.165, 1.54) is 0 Å². The number of nitrogens with zero attached hydrogens (tertiary/aromatic N) is 2. The minimum Gasteiger partial charge on any atom is -0.394 e. The second-order valence-electron chi connectivity index (χ2n) is 4.30. The first kappa shape index (κ1) is 13.0. The summed E-state index contributed by atoms with van der Waals surface area (Å²) in [7, 11) is 0. The maximum atomic E-state index is 9.02. The van der Waals surface area contributed by atoms with Gasteiger partial charge in [0.2, 0.25) is 5.95 Å². The Morgan fingerprint density at radius 2 is 2.22 bits per heavy atom. The molecule has 0 bridgehead atoms. The predicted octanol–water partition coefficient (Wildman–Crippen LogP) is -0.672. The first-order chi connectivity index (χ1) is 8.72. The van der Waals surface area contributed by atoms with E-state index in [1.807, 2.05) is 0 Å². The minimum atomic E-state index is -0.452.